The lowest BCUT2D eigenvalue weighted by Gasteiger charge is -2.11. The van der Waals surface area contributed by atoms with Gasteiger partial charge in [0.05, 0.1) is 10.7 Å². The molecule has 0 spiro atoms. The Morgan fingerprint density at radius 3 is 2.21 bits per heavy atom. The number of anilines is 1. The zero-order valence-electron chi connectivity index (χ0n) is 10.7. The summed E-state index contributed by atoms with van der Waals surface area (Å²) in [7, 11) is 0. The van der Waals surface area contributed by atoms with Crippen LogP contribution in [-0.4, -0.2) is 0 Å². The van der Waals surface area contributed by atoms with Crippen molar-refractivity contribution in [2.45, 2.75) is 20.4 Å². The molecule has 1 nitrogen and oxygen atoms in total. The van der Waals surface area contributed by atoms with Crippen LogP contribution in [0.15, 0.2) is 30.3 Å². The maximum absolute atomic E-state index is 13.6. The summed E-state index contributed by atoms with van der Waals surface area (Å²) in [5.41, 5.74) is 3.43. The molecule has 1 N–H and O–H groups in total. The fraction of sp³-hybridized carbons (Fsp3) is 0.200. The third kappa shape index (κ3) is 3.44. The van der Waals surface area contributed by atoms with Crippen LogP contribution < -0.4 is 5.32 Å². The monoisotopic (exact) mass is 281 g/mol. The summed E-state index contributed by atoms with van der Waals surface area (Å²) in [6.07, 6.45) is 0. The SMILES string of the molecule is Cc1cc(C)cc(CNc2c(F)cc(F)cc2Cl)c1. The van der Waals surface area contributed by atoms with E-state index in [1.54, 1.807) is 0 Å². The normalized spacial score (nSPS) is 10.6. The van der Waals surface area contributed by atoms with Crippen LogP contribution in [0.4, 0.5) is 14.5 Å². The van der Waals surface area contributed by atoms with Crippen molar-refractivity contribution in [2.75, 3.05) is 5.32 Å². The highest BCUT2D eigenvalue weighted by molar-refractivity contribution is 6.33. The molecule has 0 aliphatic heterocycles. The van der Waals surface area contributed by atoms with Gasteiger partial charge in [-0.25, -0.2) is 8.78 Å². The van der Waals surface area contributed by atoms with E-state index in [0.717, 1.165) is 28.8 Å². The van der Waals surface area contributed by atoms with Gasteiger partial charge in [-0.1, -0.05) is 40.9 Å². The lowest BCUT2D eigenvalue weighted by Crippen LogP contribution is -2.03. The van der Waals surface area contributed by atoms with Gasteiger partial charge in [-0.05, 0) is 25.5 Å². The highest BCUT2D eigenvalue weighted by atomic mass is 35.5. The second-order valence-corrected chi connectivity index (χ2v) is 5.00. The van der Waals surface area contributed by atoms with Crippen molar-refractivity contribution in [3.05, 3.63) is 63.7 Å². The van der Waals surface area contributed by atoms with E-state index in [9.17, 15) is 8.78 Å². The molecule has 0 saturated carbocycles. The van der Waals surface area contributed by atoms with Crippen molar-refractivity contribution < 1.29 is 8.78 Å². The highest BCUT2D eigenvalue weighted by Crippen LogP contribution is 2.27. The topological polar surface area (TPSA) is 12.0 Å². The fourth-order valence-corrected chi connectivity index (χ4v) is 2.33. The van der Waals surface area contributed by atoms with Crippen molar-refractivity contribution >= 4 is 17.3 Å². The van der Waals surface area contributed by atoms with Gasteiger partial charge in [-0.3, -0.25) is 0 Å². The van der Waals surface area contributed by atoms with Crippen molar-refractivity contribution in [2.24, 2.45) is 0 Å². The first-order chi connectivity index (χ1) is 8.95. The molecule has 0 saturated heterocycles. The summed E-state index contributed by atoms with van der Waals surface area (Å²) in [6, 6.07) is 7.99. The maximum atomic E-state index is 13.6. The molecule has 0 fully saturated rings. The number of halogens is 3. The fourth-order valence-electron chi connectivity index (χ4n) is 2.07. The Bertz CT molecular complexity index is 568. The predicted octanol–water partition coefficient (Wildman–Crippen LogP) is 4.85. The van der Waals surface area contributed by atoms with E-state index in [1.165, 1.54) is 0 Å². The zero-order valence-corrected chi connectivity index (χ0v) is 11.5. The average molecular weight is 282 g/mol. The Labute approximate surface area is 116 Å². The van der Waals surface area contributed by atoms with E-state index in [1.807, 2.05) is 26.0 Å². The molecule has 0 bridgehead atoms. The minimum atomic E-state index is -0.686. The van der Waals surface area contributed by atoms with Crippen LogP contribution in [0.1, 0.15) is 16.7 Å². The quantitative estimate of drug-likeness (QED) is 0.848. The summed E-state index contributed by atoms with van der Waals surface area (Å²) in [5.74, 6) is -1.37. The minimum Gasteiger partial charge on any atom is -0.377 e. The van der Waals surface area contributed by atoms with Crippen LogP contribution in [0.25, 0.3) is 0 Å². The van der Waals surface area contributed by atoms with Gasteiger partial charge in [0.15, 0.2) is 5.82 Å². The summed E-state index contributed by atoms with van der Waals surface area (Å²) < 4.78 is 26.5. The van der Waals surface area contributed by atoms with Gasteiger partial charge in [0.1, 0.15) is 5.82 Å². The van der Waals surface area contributed by atoms with Crippen molar-refractivity contribution in [3.8, 4) is 0 Å². The van der Waals surface area contributed by atoms with E-state index < -0.39 is 11.6 Å². The summed E-state index contributed by atoms with van der Waals surface area (Å²) in [5, 5.41) is 2.95. The molecule has 0 aliphatic carbocycles. The Balaban J connectivity index is 2.19. The molecule has 100 valence electrons. The molecular formula is C15H14ClF2N. The second kappa shape index (κ2) is 5.57. The molecule has 2 aromatic rings. The van der Waals surface area contributed by atoms with Gasteiger partial charge in [0.25, 0.3) is 0 Å². The Morgan fingerprint density at radius 2 is 1.63 bits per heavy atom. The molecule has 0 aromatic heterocycles. The molecule has 0 amide bonds. The minimum absolute atomic E-state index is 0.0434. The number of rotatable bonds is 3. The lowest BCUT2D eigenvalue weighted by molar-refractivity contribution is 0.585. The van der Waals surface area contributed by atoms with Gasteiger partial charge in [-0.15, -0.1) is 0 Å². The van der Waals surface area contributed by atoms with Crippen LogP contribution in [0.5, 0.6) is 0 Å². The van der Waals surface area contributed by atoms with Crippen LogP contribution in [-0.2, 0) is 6.54 Å². The van der Waals surface area contributed by atoms with E-state index in [0.29, 0.717) is 6.54 Å². The molecule has 0 radical (unpaired) electrons. The molecule has 0 unspecified atom stereocenters. The molecule has 19 heavy (non-hydrogen) atoms. The standard InChI is InChI=1S/C15H14ClF2N/c1-9-3-10(2)5-11(4-9)8-19-15-13(16)6-12(17)7-14(15)18/h3-7,19H,8H2,1-2H3. The third-order valence-corrected chi connectivity index (χ3v) is 3.06. The third-order valence-electron chi connectivity index (χ3n) is 2.76. The average Bonchev–Trinajstić information content (AvgIpc) is 2.25. The van der Waals surface area contributed by atoms with Gasteiger partial charge in [0, 0.05) is 12.6 Å². The number of benzene rings is 2. The molecule has 2 rings (SSSR count). The number of nitrogens with one attached hydrogen (secondary N) is 1. The molecular weight excluding hydrogens is 268 g/mol. The maximum Gasteiger partial charge on any atom is 0.150 e. The zero-order chi connectivity index (χ0) is 14.0. The smallest absolute Gasteiger partial charge is 0.150 e. The summed E-state index contributed by atoms with van der Waals surface area (Å²) >= 11 is 5.82. The van der Waals surface area contributed by atoms with E-state index in [-0.39, 0.29) is 10.7 Å². The first-order valence-electron chi connectivity index (χ1n) is 5.91. The van der Waals surface area contributed by atoms with Crippen molar-refractivity contribution in [1.82, 2.24) is 0 Å². The van der Waals surface area contributed by atoms with Gasteiger partial charge < -0.3 is 5.32 Å². The predicted molar refractivity (Wildman–Crippen MR) is 74.6 cm³/mol. The molecule has 0 aliphatic rings. The van der Waals surface area contributed by atoms with Gasteiger partial charge in [0.2, 0.25) is 0 Å². The van der Waals surface area contributed by atoms with E-state index in [2.05, 4.69) is 11.4 Å². The van der Waals surface area contributed by atoms with Crippen molar-refractivity contribution in [1.29, 1.82) is 0 Å². The van der Waals surface area contributed by atoms with Gasteiger partial charge in [-0.2, -0.15) is 0 Å². The van der Waals surface area contributed by atoms with E-state index >= 15 is 0 Å². The summed E-state index contributed by atoms with van der Waals surface area (Å²) in [4.78, 5) is 0. The first kappa shape index (κ1) is 13.8. The molecule has 0 atom stereocenters. The Kier molecular flexibility index (Phi) is 4.05. The lowest BCUT2D eigenvalue weighted by atomic mass is 10.1. The number of hydrogen-bond acceptors (Lipinski definition) is 1. The number of aryl methyl sites for hydroxylation is 2. The molecule has 2 aromatic carbocycles. The highest BCUT2D eigenvalue weighted by Gasteiger charge is 2.09. The Hall–Kier alpha value is -1.61. The second-order valence-electron chi connectivity index (χ2n) is 4.59. The van der Waals surface area contributed by atoms with E-state index in [4.69, 9.17) is 11.6 Å². The Morgan fingerprint density at radius 1 is 1.00 bits per heavy atom. The van der Waals surface area contributed by atoms with Crippen LogP contribution in [0, 0.1) is 25.5 Å². The first-order valence-corrected chi connectivity index (χ1v) is 6.29. The number of hydrogen-bond donors (Lipinski definition) is 1. The van der Waals surface area contributed by atoms with Gasteiger partial charge >= 0.3 is 0 Å². The van der Waals surface area contributed by atoms with Crippen molar-refractivity contribution in [3.63, 3.8) is 0 Å². The van der Waals surface area contributed by atoms with Crippen LogP contribution in [0.3, 0.4) is 0 Å². The molecule has 0 heterocycles. The van der Waals surface area contributed by atoms with Crippen LogP contribution in [0.2, 0.25) is 5.02 Å². The molecule has 4 heteroatoms. The van der Waals surface area contributed by atoms with Crippen LogP contribution >= 0.6 is 11.6 Å². The largest absolute Gasteiger partial charge is 0.377 e. The summed E-state index contributed by atoms with van der Waals surface area (Å²) in [6.45, 7) is 4.44.